The first-order valence-corrected chi connectivity index (χ1v) is 11.4. The van der Waals surface area contributed by atoms with Crippen LogP contribution in [0.1, 0.15) is 12.5 Å². The van der Waals surface area contributed by atoms with Gasteiger partial charge in [0.15, 0.2) is 17.5 Å². The number of benzene rings is 1. The van der Waals surface area contributed by atoms with Crippen LogP contribution < -0.4 is 14.8 Å². The third-order valence-corrected chi connectivity index (χ3v) is 6.29. The number of nitrogens with one attached hydrogen (secondary N) is 1. The lowest BCUT2D eigenvalue weighted by molar-refractivity contribution is 0.119. The number of ether oxygens (including phenoxy) is 2. The van der Waals surface area contributed by atoms with Gasteiger partial charge in [-0.05, 0) is 38.7 Å². The molecule has 0 spiro atoms. The normalized spacial score (nSPS) is 21.2. The minimum Gasteiger partial charge on any atom is -0.493 e. The zero-order valence-corrected chi connectivity index (χ0v) is 22.7. The highest BCUT2D eigenvalue weighted by atomic mass is 127. The maximum absolute atomic E-state index is 5.45. The quantitative estimate of drug-likeness (QED) is 0.309. The van der Waals surface area contributed by atoms with Crippen molar-refractivity contribution in [2.24, 2.45) is 4.99 Å². The van der Waals surface area contributed by atoms with Crippen LogP contribution in [0.5, 0.6) is 11.5 Å². The fourth-order valence-corrected chi connectivity index (χ4v) is 4.27. The predicted molar refractivity (Wildman–Crippen MR) is 142 cm³/mol. The summed E-state index contributed by atoms with van der Waals surface area (Å²) >= 11 is 0. The highest BCUT2D eigenvalue weighted by Crippen LogP contribution is 2.28. The Balaban J connectivity index is 0.00000363. The molecular formula is C23H41IN6O2. The Morgan fingerprint density at radius 1 is 1.03 bits per heavy atom. The van der Waals surface area contributed by atoms with Gasteiger partial charge in [0.25, 0.3) is 0 Å². The lowest BCUT2D eigenvalue weighted by Crippen LogP contribution is -2.54. The fourth-order valence-electron chi connectivity index (χ4n) is 4.27. The van der Waals surface area contributed by atoms with Crippen LogP contribution >= 0.6 is 24.0 Å². The van der Waals surface area contributed by atoms with E-state index in [0.717, 1.165) is 82.9 Å². The lowest BCUT2D eigenvalue weighted by Gasteiger charge is -2.38. The van der Waals surface area contributed by atoms with E-state index in [2.05, 4.69) is 58.1 Å². The molecule has 9 heteroatoms. The summed E-state index contributed by atoms with van der Waals surface area (Å²) in [5.41, 5.74) is 1.25. The van der Waals surface area contributed by atoms with E-state index in [1.165, 1.54) is 5.56 Å². The maximum Gasteiger partial charge on any atom is 0.194 e. The van der Waals surface area contributed by atoms with Gasteiger partial charge in [0.05, 0.1) is 20.8 Å². The van der Waals surface area contributed by atoms with Gasteiger partial charge in [-0.15, -0.1) is 24.0 Å². The lowest BCUT2D eigenvalue weighted by atomic mass is 10.1. The maximum atomic E-state index is 5.45. The molecule has 2 saturated heterocycles. The van der Waals surface area contributed by atoms with Crippen LogP contribution in [0.25, 0.3) is 0 Å². The van der Waals surface area contributed by atoms with E-state index in [1.807, 2.05) is 6.07 Å². The number of rotatable bonds is 7. The van der Waals surface area contributed by atoms with Crippen molar-refractivity contribution in [3.05, 3.63) is 23.8 Å². The Kier molecular flexibility index (Phi) is 11.3. The Bertz CT molecular complexity index is 726. The Morgan fingerprint density at radius 2 is 1.75 bits per heavy atom. The van der Waals surface area contributed by atoms with Gasteiger partial charge >= 0.3 is 0 Å². The molecule has 1 aromatic carbocycles. The average Bonchev–Trinajstić information content (AvgIpc) is 2.79. The molecule has 3 rings (SSSR count). The second-order valence-electron chi connectivity index (χ2n) is 8.54. The topological polar surface area (TPSA) is 55.8 Å². The Labute approximate surface area is 210 Å². The number of hydrogen-bond donors (Lipinski definition) is 1. The third-order valence-electron chi connectivity index (χ3n) is 6.29. The second-order valence-corrected chi connectivity index (χ2v) is 8.54. The monoisotopic (exact) mass is 560 g/mol. The van der Waals surface area contributed by atoms with Gasteiger partial charge in [0, 0.05) is 64.9 Å². The number of likely N-dealkylation sites (N-methyl/N-ethyl adjacent to an activating group) is 2. The molecule has 0 aliphatic carbocycles. The van der Waals surface area contributed by atoms with Crippen molar-refractivity contribution >= 4 is 29.9 Å². The molecule has 2 aliphatic heterocycles. The van der Waals surface area contributed by atoms with Crippen LogP contribution in [0.4, 0.5) is 0 Å². The van der Waals surface area contributed by atoms with E-state index in [4.69, 9.17) is 14.5 Å². The molecule has 2 fully saturated rings. The van der Waals surface area contributed by atoms with Crippen molar-refractivity contribution in [2.45, 2.75) is 19.5 Å². The first kappa shape index (κ1) is 26.9. The molecule has 0 radical (unpaired) electrons. The molecule has 0 saturated carbocycles. The molecule has 1 N–H and O–H groups in total. The molecule has 0 aromatic heterocycles. The molecule has 1 aromatic rings. The molecule has 0 bridgehead atoms. The first-order chi connectivity index (χ1) is 15.0. The van der Waals surface area contributed by atoms with E-state index in [9.17, 15) is 0 Å². The van der Waals surface area contributed by atoms with E-state index < -0.39 is 0 Å². The van der Waals surface area contributed by atoms with Crippen molar-refractivity contribution in [3.8, 4) is 11.5 Å². The Hall–Kier alpha value is -1.30. The zero-order chi connectivity index (χ0) is 22.2. The Morgan fingerprint density at radius 3 is 2.41 bits per heavy atom. The van der Waals surface area contributed by atoms with E-state index in [1.54, 1.807) is 14.2 Å². The van der Waals surface area contributed by atoms with Crippen LogP contribution in [0, 0.1) is 0 Å². The minimum absolute atomic E-state index is 0. The summed E-state index contributed by atoms with van der Waals surface area (Å²) in [4.78, 5) is 14.7. The summed E-state index contributed by atoms with van der Waals surface area (Å²) < 4.78 is 10.8. The molecule has 2 aliphatic rings. The smallest absolute Gasteiger partial charge is 0.194 e. The molecule has 1 unspecified atom stereocenters. The summed E-state index contributed by atoms with van der Waals surface area (Å²) in [6.07, 6.45) is 0. The number of guanidine groups is 1. The van der Waals surface area contributed by atoms with Crippen LogP contribution in [0.15, 0.2) is 23.2 Å². The molecule has 0 amide bonds. The van der Waals surface area contributed by atoms with Gasteiger partial charge in [-0.2, -0.15) is 0 Å². The van der Waals surface area contributed by atoms with Crippen molar-refractivity contribution in [2.75, 3.05) is 87.2 Å². The van der Waals surface area contributed by atoms with Gasteiger partial charge in [0.1, 0.15) is 0 Å². The number of nitrogens with zero attached hydrogens (tertiary/aromatic N) is 5. The average molecular weight is 561 g/mol. The van der Waals surface area contributed by atoms with Gasteiger partial charge in [-0.3, -0.25) is 14.8 Å². The van der Waals surface area contributed by atoms with Crippen molar-refractivity contribution in [3.63, 3.8) is 0 Å². The van der Waals surface area contributed by atoms with Crippen molar-refractivity contribution < 1.29 is 9.47 Å². The highest BCUT2D eigenvalue weighted by Gasteiger charge is 2.24. The second kappa shape index (κ2) is 13.4. The SMILES string of the molecule is CCNC(=NCC1CN(C)CCN1C)N1CCN(Cc2ccc(OC)c(OC)c2)CC1.I. The number of piperazine rings is 2. The largest absolute Gasteiger partial charge is 0.493 e. The summed E-state index contributed by atoms with van der Waals surface area (Å²) in [5.74, 6) is 2.62. The summed E-state index contributed by atoms with van der Waals surface area (Å²) in [5, 5.41) is 3.51. The molecule has 32 heavy (non-hydrogen) atoms. The van der Waals surface area contributed by atoms with Gasteiger partial charge in [-0.25, -0.2) is 0 Å². The summed E-state index contributed by atoms with van der Waals surface area (Å²) in [6.45, 7) is 12.1. The highest BCUT2D eigenvalue weighted by molar-refractivity contribution is 14.0. The molecule has 2 heterocycles. The fraction of sp³-hybridized carbons (Fsp3) is 0.696. The predicted octanol–water partition coefficient (Wildman–Crippen LogP) is 1.65. The van der Waals surface area contributed by atoms with Crippen molar-refractivity contribution in [1.29, 1.82) is 0 Å². The van der Waals surface area contributed by atoms with Crippen molar-refractivity contribution in [1.82, 2.24) is 24.9 Å². The van der Waals surface area contributed by atoms with Crippen LogP contribution in [0.2, 0.25) is 0 Å². The third kappa shape index (κ3) is 7.36. The van der Waals surface area contributed by atoms with Crippen LogP contribution in [-0.4, -0.2) is 119 Å². The number of hydrogen-bond acceptors (Lipinski definition) is 6. The van der Waals surface area contributed by atoms with Gasteiger partial charge in [-0.1, -0.05) is 6.07 Å². The standard InChI is InChI=1S/C23H40N6O2.HI/c1-6-24-23(25-16-20-18-26(2)9-10-27(20)3)29-13-11-28(12-14-29)17-19-7-8-21(30-4)22(15-19)31-5;/h7-8,15,20H,6,9-14,16-18H2,1-5H3,(H,24,25);1H. The van der Waals surface area contributed by atoms with Gasteiger partial charge < -0.3 is 24.6 Å². The minimum atomic E-state index is 0. The summed E-state index contributed by atoms with van der Waals surface area (Å²) in [7, 11) is 7.77. The van der Waals surface area contributed by atoms with Crippen LogP contribution in [-0.2, 0) is 6.54 Å². The van der Waals surface area contributed by atoms with Crippen LogP contribution in [0.3, 0.4) is 0 Å². The first-order valence-electron chi connectivity index (χ1n) is 11.4. The number of halogens is 1. The van der Waals surface area contributed by atoms with E-state index >= 15 is 0 Å². The van der Waals surface area contributed by atoms with Gasteiger partial charge in [0.2, 0.25) is 0 Å². The molecule has 1 atom stereocenters. The number of methoxy groups -OCH3 is 2. The number of aliphatic imine (C=N–C) groups is 1. The molecule has 182 valence electrons. The molecule has 8 nitrogen and oxygen atoms in total. The van der Waals surface area contributed by atoms with E-state index in [0.29, 0.717) is 6.04 Å². The molecular weight excluding hydrogens is 519 g/mol. The zero-order valence-electron chi connectivity index (χ0n) is 20.3. The van der Waals surface area contributed by atoms with E-state index in [-0.39, 0.29) is 24.0 Å². The summed E-state index contributed by atoms with van der Waals surface area (Å²) in [6, 6.07) is 6.67.